The normalized spacial score (nSPS) is 16.0. The SMILES string of the molecule is CC(=O)N1C=Cc2ccccc2C1CC(=O)Nc1cc(C)nn1C. The lowest BCUT2D eigenvalue weighted by Gasteiger charge is -2.32. The Morgan fingerprint density at radius 2 is 2.04 bits per heavy atom. The zero-order valence-corrected chi connectivity index (χ0v) is 14.0. The molecule has 0 saturated heterocycles. The fourth-order valence-electron chi connectivity index (χ4n) is 3.01. The molecule has 3 rings (SSSR count). The third-order valence-corrected chi connectivity index (χ3v) is 4.12. The molecule has 0 aliphatic carbocycles. The maximum Gasteiger partial charge on any atom is 0.227 e. The van der Waals surface area contributed by atoms with Crippen LogP contribution < -0.4 is 5.32 Å². The van der Waals surface area contributed by atoms with Gasteiger partial charge < -0.3 is 10.2 Å². The first-order chi connectivity index (χ1) is 11.5. The number of nitrogens with one attached hydrogen (secondary N) is 1. The van der Waals surface area contributed by atoms with E-state index in [-0.39, 0.29) is 24.3 Å². The van der Waals surface area contributed by atoms with Crippen molar-refractivity contribution in [3.63, 3.8) is 0 Å². The highest BCUT2D eigenvalue weighted by molar-refractivity contribution is 5.91. The molecule has 6 heteroatoms. The van der Waals surface area contributed by atoms with Crippen molar-refractivity contribution in [1.82, 2.24) is 14.7 Å². The largest absolute Gasteiger partial charge is 0.311 e. The Hall–Kier alpha value is -2.89. The molecule has 1 aromatic heterocycles. The Labute approximate surface area is 140 Å². The molecular formula is C18H20N4O2. The zero-order valence-electron chi connectivity index (χ0n) is 14.0. The smallest absolute Gasteiger partial charge is 0.227 e. The van der Waals surface area contributed by atoms with Crippen molar-refractivity contribution >= 4 is 23.7 Å². The number of nitrogens with zero attached hydrogens (tertiary/aromatic N) is 3. The highest BCUT2D eigenvalue weighted by Crippen LogP contribution is 2.33. The Kier molecular flexibility index (Phi) is 4.20. The van der Waals surface area contributed by atoms with Crippen molar-refractivity contribution < 1.29 is 9.59 Å². The second kappa shape index (κ2) is 6.31. The fraction of sp³-hybridized carbons (Fsp3) is 0.278. The maximum absolute atomic E-state index is 12.5. The van der Waals surface area contributed by atoms with Crippen LogP contribution in [0, 0.1) is 6.92 Å². The molecule has 0 spiro atoms. The Balaban J connectivity index is 1.83. The van der Waals surface area contributed by atoms with Crippen molar-refractivity contribution in [3.8, 4) is 0 Å². The van der Waals surface area contributed by atoms with Crippen LogP contribution in [-0.4, -0.2) is 26.5 Å². The third kappa shape index (κ3) is 3.08. The first kappa shape index (κ1) is 16.0. The van der Waals surface area contributed by atoms with Crippen LogP contribution in [0.2, 0.25) is 0 Å². The summed E-state index contributed by atoms with van der Waals surface area (Å²) in [5, 5.41) is 7.08. The highest BCUT2D eigenvalue weighted by atomic mass is 16.2. The molecule has 6 nitrogen and oxygen atoms in total. The van der Waals surface area contributed by atoms with Gasteiger partial charge >= 0.3 is 0 Å². The van der Waals surface area contributed by atoms with Gasteiger partial charge in [0.15, 0.2) is 0 Å². The summed E-state index contributed by atoms with van der Waals surface area (Å²) < 4.78 is 1.63. The summed E-state index contributed by atoms with van der Waals surface area (Å²) in [6.45, 7) is 3.38. The standard InChI is InChI=1S/C18H20N4O2/c1-12-10-17(21(3)20-12)19-18(24)11-16-15-7-5-4-6-14(15)8-9-22(16)13(2)23/h4-10,16H,11H2,1-3H3,(H,19,24). The van der Waals surface area contributed by atoms with Gasteiger partial charge in [-0.2, -0.15) is 5.10 Å². The Bertz CT molecular complexity index is 822. The van der Waals surface area contributed by atoms with Crippen LogP contribution in [0.15, 0.2) is 36.5 Å². The first-order valence-corrected chi connectivity index (χ1v) is 7.82. The number of rotatable bonds is 3. The summed E-state index contributed by atoms with van der Waals surface area (Å²) in [6, 6.07) is 9.32. The average molecular weight is 324 g/mol. The number of aromatic nitrogens is 2. The summed E-state index contributed by atoms with van der Waals surface area (Å²) in [7, 11) is 1.78. The molecule has 0 saturated carbocycles. The van der Waals surface area contributed by atoms with E-state index in [1.807, 2.05) is 43.3 Å². The maximum atomic E-state index is 12.5. The van der Waals surface area contributed by atoms with Crippen molar-refractivity contribution in [2.45, 2.75) is 26.3 Å². The quantitative estimate of drug-likeness (QED) is 0.944. The van der Waals surface area contributed by atoms with Crippen LogP contribution in [0.1, 0.15) is 36.2 Å². The average Bonchev–Trinajstić information content (AvgIpc) is 2.84. The highest BCUT2D eigenvalue weighted by Gasteiger charge is 2.28. The molecule has 0 radical (unpaired) electrons. The van der Waals surface area contributed by atoms with Gasteiger partial charge in [-0.3, -0.25) is 14.3 Å². The molecule has 24 heavy (non-hydrogen) atoms. The van der Waals surface area contributed by atoms with E-state index in [0.29, 0.717) is 5.82 Å². The van der Waals surface area contributed by atoms with Gasteiger partial charge in [-0.1, -0.05) is 24.3 Å². The number of amides is 2. The first-order valence-electron chi connectivity index (χ1n) is 7.82. The molecule has 1 atom stereocenters. The lowest BCUT2D eigenvalue weighted by molar-refractivity contribution is -0.129. The number of fused-ring (bicyclic) bond motifs is 1. The fourth-order valence-corrected chi connectivity index (χ4v) is 3.01. The molecule has 2 heterocycles. The van der Waals surface area contributed by atoms with E-state index in [1.165, 1.54) is 6.92 Å². The molecule has 1 unspecified atom stereocenters. The number of anilines is 1. The molecule has 1 aliphatic rings. The third-order valence-electron chi connectivity index (χ3n) is 4.12. The molecule has 0 fully saturated rings. The van der Waals surface area contributed by atoms with Crippen LogP contribution in [0.5, 0.6) is 0 Å². The van der Waals surface area contributed by atoms with Gasteiger partial charge in [0.05, 0.1) is 18.2 Å². The number of benzene rings is 1. The minimum absolute atomic E-state index is 0.0880. The van der Waals surface area contributed by atoms with E-state index in [2.05, 4.69) is 10.4 Å². The predicted molar refractivity (Wildman–Crippen MR) is 91.9 cm³/mol. The van der Waals surface area contributed by atoms with E-state index < -0.39 is 0 Å². The number of hydrogen-bond acceptors (Lipinski definition) is 3. The van der Waals surface area contributed by atoms with Gasteiger partial charge in [0, 0.05) is 26.2 Å². The number of aryl methyl sites for hydroxylation is 2. The van der Waals surface area contributed by atoms with Crippen LogP contribution >= 0.6 is 0 Å². The van der Waals surface area contributed by atoms with Crippen LogP contribution in [0.25, 0.3) is 6.08 Å². The van der Waals surface area contributed by atoms with E-state index in [4.69, 9.17) is 0 Å². The Morgan fingerprint density at radius 1 is 1.29 bits per heavy atom. The van der Waals surface area contributed by atoms with E-state index in [0.717, 1.165) is 16.8 Å². The van der Waals surface area contributed by atoms with Crippen molar-refractivity contribution in [3.05, 3.63) is 53.4 Å². The molecule has 2 aromatic rings. The minimum Gasteiger partial charge on any atom is -0.311 e. The van der Waals surface area contributed by atoms with Gasteiger partial charge in [0.25, 0.3) is 0 Å². The summed E-state index contributed by atoms with van der Waals surface area (Å²) in [4.78, 5) is 26.1. The molecule has 124 valence electrons. The molecule has 1 N–H and O–H groups in total. The van der Waals surface area contributed by atoms with Crippen molar-refractivity contribution in [2.24, 2.45) is 7.05 Å². The number of hydrogen-bond donors (Lipinski definition) is 1. The Morgan fingerprint density at radius 3 is 2.71 bits per heavy atom. The van der Waals surface area contributed by atoms with Crippen LogP contribution in [0.4, 0.5) is 5.82 Å². The second-order valence-electron chi connectivity index (χ2n) is 5.93. The van der Waals surface area contributed by atoms with E-state index in [1.54, 1.807) is 22.8 Å². The van der Waals surface area contributed by atoms with Crippen molar-refractivity contribution in [2.75, 3.05) is 5.32 Å². The van der Waals surface area contributed by atoms with Gasteiger partial charge in [0.1, 0.15) is 5.82 Å². The summed E-state index contributed by atoms with van der Waals surface area (Å²) in [6.07, 6.45) is 3.83. The van der Waals surface area contributed by atoms with Crippen LogP contribution in [-0.2, 0) is 16.6 Å². The van der Waals surface area contributed by atoms with Gasteiger partial charge in [0.2, 0.25) is 11.8 Å². The zero-order chi connectivity index (χ0) is 17.3. The summed E-state index contributed by atoms with van der Waals surface area (Å²) in [5.41, 5.74) is 2.85. The van der Waals surface area contributed by atoms with E-state index in [9.17, 15) is 9.59 Å². The molecule has 1 aromatic carbocycles. The lowest BCUT2D eigenvalue weighted by atomic mass is 9.93. The molecular weight excluding hydrogens is 304 g/mol. The summed E-state index contributed by atoms with van der Waals surface area (Å²) in [5.74, 6) is 0.404. The summed E-state index contributed by atoms with van der Waals surface area (Å²) >= 11 is 0. The van der Waals surface area contributed by atoms with Crippen molar-refractivity contribution in [1.29, 1.82) is 0 Å². The number of carbonyl (C=O) groups excluding carboxylic acids is 2. The minimum atomic E-state index is -0.307. The molecule has 1 aliphatic heterocycles. The molecule has 2 amide bonds. The van der Waals surface area contributed by atoms with E-state index >= 15 is 0 Å². The molecule has 0 bridgehead atoms. The predicted octanol–water partition coefficient (Wildman–Crippen LogP) is 2.63. The monoisotopic (exact) mass is 324 g/mol. The van der Waals surface area contributed by atoms with Gasteiger partial charge in [-0.05, 0) is 24.1 Å². The van der Waals surface area contributed by atoms with Gasteiger partial charge in [-0.25, -0.2) is 0 Å². The second-order valence-corrected chi connectivity index (χ2v) is 5.93. The number of carbonyl (C=O) groups is 2. The van der Waals surface area contributed by atoms with Crippen LogP contribution in [0.3, 0.4) is 0 Å². The van der Waals surface area contributed by atoms with Gasteiger partial charge in [-0.15, -0.1) is 0 Å². The lowest BCUT2D eigenvalue weighted by Crippen LogP contribution is -2.33. The topological polar surface area (TPSA) is 67.2 Å².